The van der Waals surface area contributed by atoms with E-state index in [-0.39, 0.29) is 11.5 Å². The minimum Gasteiger partial charge on any atom is -0.500 e. The minimum absolute atomic E-state index is 0.0711. The Balaban J connectivity index is 1.66. The van der Waals surface area contributed by atoms with E-state index in [0.29, 0.717) is 28.8 Å². The normalized spacial score (nSPS) is 15.4. The third-order valence-electron chi connectivity index (χ3n) is 8.53. The fourth-order valence-corrected chi connectivity index (χ4v) is 6.08. The van der Waals surface area contributed by atoms with E-state index in [1.54, 1.807) is 0 Å². The average molecular weight is 625 g/mol. The zero-order valence-corrected chi connectivity index (χ0v) is 26.2. The van der Waals surface area contributed by atoms with Gasteiger partial charge < -0.3 is 29.2 Å². The molecule has 2 N–H and O–H groups in total. The second-order valence-electron chi connectivity index (χ2n) is 11.7. The maximum Gasteiger partial charge on any atom is 0.315 e. The van der Waals surface area contributed by atoms with E-state index >= 15 is 0 Å². The summed E-state index contributed by atoms with van der Waals surface area (Å²) < 4.78 is 12.4. The molecule has 244 valence electrons. The van der Waals surface area contributed by atoms with Crippen LogP contribution in [-0.4, -0.2) is 63.4 Å². The van der Waals surface area contributed by atoms with Crippen LogP contribution in [0.1, 0.15) is 70.6 Å². The topological polar surface area (TPSA) is 153 Å². The number of hydrogen-bond acceptors (Lipinski definition) is 9. The molecule has 0 saturated carbocycles. The van der Waals surface area contributed by atoms with Gasteiger partial charge in [-0.05, 0) is 62.2 Å². The Hall–Kier alpha value is -4.32. The van der Waals surface area contributed by atoms with E-state index in [4.69, 9.17) is 9.47 Å². The zero-order valence-electron chi connectivity index (χ0n) is 26.2. The number of aryl methyl sites for hydroxylation is 1. The summed E-state index contributed by atoms with van der Waals surface area (Å²) in [5.74, 6) is -1.32. The van der Waals surface area contributed by atoms with Gasteiger partial charge in [0.1, 0.15) is 0 Å². The fourth-order valence-electron chi connectivity index (χ4n) is 6.08. The summed E-state index contributed by atoms with van der Waals surface area (Å²) in [6.45, 7) is 3.74. The van der Waals surface area contributed by atoms with Gasteiger partial charge in [-0.3, -0.25) is 20.2 Å². The van der Waals surface area contributed by atoms with Gasteiger partial charge in [0.15, 0.2) is 11.5 Å². The van der Waals surface area contributed by atoms with Crippen LogP contribution in [0.5, 0.6) is 23.0 Å². The van der Waals surface area contributed by atoms with E-state index in [1.165, 1.54) is 103 Å². The number of rotatable bonds is 10. The van der Waals surface area contributed by atoms with Crippen LogP contribution in [-0.2, 0) is 6.54 Å². The third-order valence-corrected chi connectivity index (χ3v) is 8.53. The van der Waals surface area contributed by atoms with Gasteiger partial charge in [0.2, 0.25) is 11.5 Å². The van der Waals surface area contributed by atoms with Crippen molar-refractivity contribution in [1.29, 1.82) is 0 Å². The number of benzene rings is 2. The third kappa shape index (κ3) is 8.65. The Morgan fingerprint density at radius 2 is 1.07 bits per heavy atom. The van der Waals surface area contributed by atoms with E-state index < -0.39 is 32.7 Å². The molecule has 0 amide bonds. The molecule has 12 heteroatoms. The van der Waals surface area contributed by atoms with Gasteiger partial charge in [-0.2, -0.15) is 0 Å². The summed E-state index contributed by atoms with van der Waals surface area (Å²) in [5, 5.41) is 44.3. The summed E-state index contributed by atoms with van der Waals surface area (Å²) in [4.78, 5) is 24.7. The summed E-state index contributed by atoms with van der Waals surface area (Å²) in [5.41, 5.74) is 0.811. The average Bonchev–Trinajstić information content (AvgIpc) is 3.45. The fraction of sp³-hybridized carbons (Fsp3) is 0.515. The molecule has 3 aromatic rings. The van der Waals surface area contributed by atoms with Crippen molar-refractivity contribution in [3.8, 4) is 45.3 Å². The first kappa shape index (κ1) is 33.6. The van der Waals surface area contributed by atoms with Crippen LogP contribution >= 0.6 is 0 Å². The summed E-state index contributed by atoms with van der Waals surface area (Å²) in [6.07, 6.45) is 17.4. The Morgan fingerprint density at radius 1 is 0.667 bits per heavy atom. The van der Waals surface area contributed by atoms with Crippen LogP contribution < -0.4 is 9.47 Å². The Bertz CT molecular complexity index is 1370. The van der Waals surface area contributed by atoms with Crippen LogP contribution in [0, 0.1) is 20.2 Å². The van der Waals surface area contributed by atoms with Crippen molar-refractivity contribution in [1.82, 2.24) is 9.47 Å². The van der Waals surface area contributed by atoms with Crippen molar-refractivity contribution in [2.75, 3.05) is 33.9 Å². The monoisotopic (exact) mass is 624 g/mol. The molecular formula is C33H44N4O8. The number of aromatic hydroxyl groups is 2. The van der Waals surface area contributed by atoms with Gasteiger partial charge in [0.25, 0.3) is 0 Å². The van der Waals surface area contributed by atoms with E-state index in [0.717, 1.165) is 26.1 Å². The molecule has 0 unspecified atom stereocenters. The Labute approximate surface area is 263 Å². The van der Waals surface area contributed by atoms with Crippen molar-refractivity contribution in [3.05, 3.63) is 56.9 Å². The first-order chi connectivity index (χ1) is 21.7. The van der Waals surface area contributed by atoms with Gasteiger partial charge in [0, 0.05) is 42.2 Å². The van der Waals surface area contributed by atoms with Crippen LogP contribution in [0.4, 0.5) is 11.4 Å². The number of phenolic OH excluding ortho intramolecular Hbond substituents is 2. The van der Waals surface area contributed by atoms with Crippen LogP contribution in [0.2, 0.25) is 0 Å². The Morgan fingerprint density at radius 3 is 1.44 bits per heavy atom. The molecule has 1 fully saturated rings. The highest BCUT2D eigenvalue weighted by atomic mass is 16.6. The van der Waals surface area contributed by atoms with E-state index in [9.17, 15) is 30.4 Å². The molecule has 1 aromatic heterocycles. The van der Waals surface area contributed by atoms with Crippen LogP contribution in [0.15, 0.2) is 36.7 Å². The molecule has 0 radical (unpaired) electrons. The molecule has 1 aliphatic rings. The zero-order chi connectivity index (χ0) is 32.3. The van der Waals surface area contributed by atoms with Crippen molar-refractivity contribution < 1.29 is 29.5 Å². The van der Waals surface area contributed by atoms with Gasteiger partial charge in [-0.15, -0.1) is 0 Å². The molecule has 0 spiro atoms. The number of ether oxygens (including phenoxy) is 2. The molecule has 0 atom stereocenters. The van der Waals surface area contributed by atoms with Crippen molar-refractivity contribution >= 4 is 11.4 Å². The van der Waals surface area contributed by atoms with Crippen molar-refractivity contribution in [2.45, 2.75) is 77.2 Å². The number of nitrogens with zero attached hydrogens (tertiary/aromatic N) is 4. The van der Waals surface area contributed by atoms with Crippen molar-refractivity contribution in [2.24, 2.45) is 0 Å². The first-order valence-corrected chi connectivity index (χ1v) is 15.8. The molecule has 0 bridgehead atoms. The Kier molecular flexibility index (Phi) is 12.0. The lowest BCUT2D eigenvalue weighted by Crippen LogP contribution is -2.28. The lowest BCUT2D eigenvalue weighted by Gasteiger charge is -2.22. The highest BCUT2D eigenvalue weighted by Crippen LogP contribution is 2.45. The molecule has 4 rings (SSSR count). The van der Waals surface area contributed by atoms with Gasteiger partial charge >= 0.3 is 11.4 Å². The molecule has 1 aliphatic heterocycles. The van der Waals surface area contributed by atoms with Gasteiger partial charge in [-0.25, -0.2) is 0 Å². The lowest BCUT2D eigenvalue weighted by molar-refractivity contribution is -0.386. The number of nitro benzene ring substituents is 2. The second-order valence-corrected chi connectivity index (χ2v) is 11.7. The first-order valence-electron chi connectivity index (χ1n) is 15.8. The number of hydrogen-bond donors (Lipinski definition) is 2. The summed E-state index contributed by atoms with van der Waals surface area (Å²) >= 11 is 0. The maximum absolute atomic E-state index is 11.8. The molecule has 45 heavy (non-hydrogen) atoms. The van der Waals surface area contributed by atoms with Crippen LogP contribution in [0.3, 0.4) is 0 Å². The minimum atomic E-state index is -0.689. The van der Waals surface area contributed by atoms with Gasteiger partial charge in [-0.1, -0.05) is 51.4 Å². The highest BCUT2D eigenvalue weighted by molar-refractivity contribution is 5.87. The number of aromatic nitrogens is 1. The molecule has 2 aromatic carbocycles. The summed E-state index contributed by atoms with van der Waals surface area (Å²) in [6, 6.07) is 5.50. The molecule has 12 nitrogen and oxygen atoms in total. The standard InChI is InChI=1S/C33H44N4O8/c1-44-30-20-24(18-28(32(30)38)36(40)41)26-22-35(23-27(26)25-19-29(37(42)43)33(39)31(21-25)45-2)17-13-16-34-14-11-9-7-5-3-4-6-8-10-12-15-34/h18-23,38-39H,3-17H2,1-2H3. The van der Waals surface area contributed by atoms with E-state index in [1.807, 2.05) is 17.0 Å². The highest BCUT2D eigenvalue weighted by Gasteiger charge is 2.25. The lowest BCUT2D eigenvalue weighted by atomic mass is 9.97. The smallest absolute Gasteiger partial charge is 0.315 e. The molecule has 1 saturated heterocycles. The van der Waals surface area contributed by atoms with Crippen LogP contribution in [0.25, 0.3) is 22.3 Å². The predicted octanol–water partition coefficient (Wildman–Crippen LogP) is 7.67. The maximum atomic E-state index is 11.8. The number of nitro groups is 2. The summed E-state index contributed by atoms with van der Waals surface area (Å²) in [7, 11) is 2.62. The van der Waals surface area contributed by atoms with Gasteiger partial charge in [0.05, 0.1) is 24.1 Å². The predicted molar refractivity (Wildman–Crippen MR) is 172 cm³/mol. The SMILES string of the molecule is COc1cc(-c2cn(CCCN3CCCCCCCCCCCC3)cc2-c2cc(OC)c(O)c([N+](=O)[O-])c2)cc([N+](=O)[O-])c1O. The second kappa shape index (κ2) is 16.1. The quantitative estimate of drug-likeness (QED) is 0.171. The van der Waals surface area contributed by atoms with Crippen molar-refractivity contribution in [3.63, 3.8) is 0 Å². The number of methoxy groups -OCH3 is 2. The largest absolute Gasteiger partial charge is 0.500 e. The molecular weight excluding hydrogens is 580 g/mol. The van der Waals surface area contributed by atoms with E-state index in [2.05, 4.69) is 4.90 Å². The molecule has 0 aliphatic carbocycles. The number of phenols is 2. The molecule has 2 heterocycles.